The van der Waals surface area contributed by atoms with Crippen LogP contribution in [0.5, 0.6) is 0 Å². The quantitative estimate of drug-likeness (QED) is 0.896. The van der Waals surface area contributed by atoms with Gasteiger partial charge in [0, 0.05) is 30.8 Å². The summed E-state index contributed by atoms with van der Waals surface area (Å²) in [5.41, 5.74) is 1.77. The first-order valence-electron chi connectivity index (χ1n) is 7.59. The van der Waals surface area contributed by atoms with Crippen LogP contribution in [0.25, 0.3) is 0 Å². The van der Waals surface area contributed by atoms with Gasteiger partial charge >= 0.3 is 0 Å². The molecule has 4 heteroatoms. The third kappa shape index (κ3) is 3.70. The molecule has 1 aromatic carbocycles. The fourth-order valence-corrected chi connectivity index (χ4v) is 3.18. The fourth-order valence-electron chi connectivity index (χ4n) is 3.01. The standard InChI is InChI=1S/C17H25ClN2O/c1-17(2)10-6-5-7-15(17)19-14-11-12(18)8-9-13(14)16(21)20(3)4/h8-9,11,15,19H,5-7,10H2,1-4H3. The van der Waals surface area contributed by atoms with Crippen LogP contribution in [0.4, 0.5) is 5.69 Å². The zero-order valence-electron chi connectivity index (χ0n) is 13.4. The highest BCUT2D eigenvalue weighted by Gasteiger charge is 2.32. The summed E-state index contributed by atoms with van der Waals surface area (Å²) in [7, 11) is 3.54. The summed E-state index contributed by atoms with van der Waals surface area (Å²) in [6.45, 7) is 4.59. The van der Waals surface area contributed by atoms with Crippen molar-refractivity contribution in [3.63, 3.8) is 0 Å². The predicted molar refractivity (Wildman–Crippen MR) is 89.1 cm³/mol. The monoisotopic (exact) mass is 308 g/mol. The van der Waals surface area contributed by atoms with E-state index in [2.05, 4.69) is 19.2 Å². The maximum Gasteiger partial charge on any atom is 0.255 e. The summed E-state index contributed by atoms with van der Waals surface area (Å²) < 4.78 is 0. The SMILES string of the molecule is CN(C)C(=O)c1ccc(Cl)cc1NC1CCCCC1(C)C. The Kier molecular flexibility index (Phi) is 4.82. The molecule has 0 heterocycles. The molecule has 2 rings (SSSR count). The predicted octanol–water partition coefficient (Wildman–Crippen LogP) is 4.42. The molecule has 0 aromatic heterocycles. The molecule has 1 atom stereocenters. The van der Waals surface area contributed by atoms with E-state index in [1.165, 1.54) is 19.3 Å². The van der Waals surface area contributed by atoms with Gasteiger partial charge in [-0.25, -0.2) is 0 Å². The average molecular weight is 309 g/mol. The van der Waals surface area contributed by atoms with Gasteiger partial charge in [-0.05, 0) is 36.5 Å². The lowest BCUT2D eigenvalue weighted by molar-refractivity contribution is 0.0828. The number of nitrogens with zero attached hydrogens (tertiary/aromatic N) is 1. The number of hydrogen-bond acceptors (Lipinski definition) is 2. The molecule has 0 spiro atoms. The van der Waals surface area contributed by atoms with Gasteiger partial charge in [0.2, 0.25) is 0 Å². The molecule has 0 radical (unpaired) electrons. The van der Waals surface area contributed by atoms with Crippen LogP contribution >= 0.6 is 11.6 Å². The molecule has 0 saturated heterocycles. The number of carbonyl (C=O) groups excluding carboxylic acids is 1. The number of nitrogens with one attached hydrogen (secondary N) is 1. The first-order valence-corrected chi connectivity index (χ1v) is 7.97. The summed E-state index contributed by atoms with van der Waals surface area (Å²) in [6, 6.07) is 5.82. The number of carbonyl (C=O) groups is 1. The molecule has 1 amide bonds. The van der Waals surface area contributed by atoms with E-state index in [4.69, 9.17) is 11.6 Å². The smallest absolute Gasteiger partial charge is 0.255 e. The van der Waals surface area contributed by atoms with Crippen molar-refractivity contribution in [3.05, 3.63) is 28.8 Å². The maximum atomic E-state index is 12.3. The van der Waals surface area contributed by atoms with Crippen LogP contribution in [-0.4, -0.2) is 30.9 Å². The third-order valence-electron chi connectivity index (χ3n) is 4.46. The van der Waals surface area contributed by atoms with Crippen LogP contribution in [0.1, 0.15) is 49.9 Å². The van der Waals surface area contributed by atoms with Crippen LogP contribution < -0.4 is 5.32 Å². The highest BCUT2D eigenvalue weighted by Crippen LogP contribution is 2.38. The molecular weight excluding hydrogens is 284 g/mol. The molecule has 0 bridgehead atoms. The first-order chi connectivity index (χ1) is 9.81. The van der Waals surface area contributed by atoms with E-state index in [1.807, 2.05) is 12.1 Å². The summed E-state index contributed by atoms with van der Waals surface area (Å²) in [5.74, 6) is 0.00258. The van der Waals surface area contributed by atoms with Crippen LogP contribution in [-0.2, 0) is 0 Å². The van der Waals surface area contributed by atoms with Crippen LogP contribution in [0, 0.1) is 5.41 Å². The Morgan fingerprint density at radius 2 is 2.05 bits per heavy atom. The van der Waals surface area contributed by atoms with Crippen molar-refractivity contribution in [2.75, 3.05) is 19.4 Å². The van der Waals surface area contributed by atoms with Crippen molar-refractivity contribution < 1.29 is 4.79 Å². The molecule has 116 valence electrons. The van der Waals surface area contributed by atoms with Gasteiger partial charge in [0.15, 0.2) is 0 Å². The lowest BCUT2D eigenvalue weighted by Gasteiger charge is -2.40. The number of amides is 1. The minimum Gasteiger partial charge on any atom is -0.381 e. The Morgan fingerprint density at radius 3 is 2.67 bits per heavy atom. The van der Waals surface area contributed by atoms with E-state index in [-0.39, 0.29) is 11.3 Å². The molecule has 1 saturated carbocycles. The van der Waals surface area contributed by atoms with E-state index >= 15 is 0 Å². The maximum absolute atomic E-state index is 12.3. The van der Waals surface area contributed by atoms with E-state index in [0.29, 0.717) is 16.6 Å². The van der Waals surface area contributed by atoms with Gasteiger partial charge in [-0.3, -0.25) is 4.79 Å². The van der Waals surface area contributed by atoms with E-state index in [9.17, 15) is 4.79 Å². The number of hydrogen-bond donors (Lipinski definition) is 1. The van der Waals surface area contributed by atoms with Gasteiger partial charge in [0.1, 0.15) is 0 Å². The van der Waals surface area contributed by atoms with Crippen molar-refractivity contribution in [3.8, 4) is 0 Å². The lowest BCUT2D eigenvalue weighted by atomic mass is 9.73. The molecule has 3 nitrogen and oxygen atoms in total. The van der Waals surface area contributed by atoms with Crippen molar-refractivity contribution in [2.45, 2.75) is 45.6 Å². The minimum absolute atomic E-state index is 0.00258. The number of anilines is 1. The molecule has 1 fully saturated rings. The van der Waals surface area contributed by atoms with Crippen LogP contribution in [0.2, 0.25) is 5.02 Å². The van der Waals surface area contributed by atoms with E-state index < -0.39 is 0 Å². The molecule has 1 aromatic rings. The van der Waals surface area contributed by atoms with Crippen molar-refractivity contribution in [1.29, 1.82) is 0 Å². The van der Waals surface area contributed by atoms with E-state index in [0.717, 1.165) is 12.1 Å². The normalized spacial score (nSPS) is 20.9. The highest BCUT2D eigenvalue weighted by molar-refractivity contribution is 6.31. The van der Waals surface area contributed by atoms with Gasteiger partial charge in [-0.15, -0.1) is 0 Å². The second-order valence-corrected chi connectivity index (χ2v) is 7.26. The van der Waals surface area contributed by atoms with Crippen LogP contribution in [0.3, 0.4) is 0 Å². The highest BCUT2D eigenvalue weighted by atomic mass is 35.5. The zero-order chi connectivity index (χ0) is 15.6. The fraction of sp³-hybridized carbons (Fsp3) is 0.588. The van der Waals surface area contributed by atoms with Crippen molar-refractivity contribution in [1.82, 2.24) is 4.90 Å². The van der Waals surface area contributed by atoms with Gasteiger partial charge in [0.05, 0.1) is 5.56 Å². The first kappa shape index (κ1) is 16.2. The summed E-state index contributed by atoms with van der Waals surface area (Å²) >= 11 is 6.12. The molecule has 0 aliphatic heterocycles. The van der Waals surface area contributed by atoms with Gasteiger partial charge < -0.3 is 10.2 Å². The van der Waals surface area contributed by atoms with Crippen LogP contribution in [0.15, 0.2) is 18.2 Å². The molecule has 1 N–H and O–H groups in total. The second kappa shape index (κ2) is 6.27. The Morgan fingerprint density at radius 1 is 1.33 bits per heavy atom. The van der Waals surface area contributed by atoms with Gasteiger partial charge in [-0.2, -0.15) is 0 Å². The zero-order valence-corrected chi connectivity index (χ0v) is 14.1. The summed E-state index contributed by atoms with van der Waals surface area (Å²) in [5, 5.41) is 4.24. The molecule has 1 aliphatic carbocycles. The summed E-state index contributed by atoms with van der Waals surface area (Å²) in [6.07, 6.45) is 4.86. The number of halogens is 1. The lowest BCUT2D eigenvalue weighted by Crippen LogP contribution is -2.39. The van der Waals surface area contributed by atoms with Gasteiger partial charge in [0.25, 0.3) is 5.91 Å². The largest absolute Gasteiger partial charge is 0.381 e. The molecule has 1 unspecified atom stereocenters. The second-order valence-electron chi connectivity index (χ2n) is 6.82. The molecule has 1 aliphatic rings. The number of rotatable bonds is 3. The average Bonchev–Trinajstić information content (AvgIpc) is 2.40. The number of benzene rings is 1. The Balaban J connectivity index is 2.30. The molecule has 21 heavy (non-hydrogen) atoms. The molecular formula is C17H25ClN2O. The van der Waals surface area contributed by atoms with Crippen molar-refractivity contribution in [2.24, 2.45) is 5.41 Å². The topological polar surface area (TPSA) is 32.3 Å². The Hall–Kier alpha value is -1.22. The Bertz CT molecular complexity index is 526. The Labute approximate surface area is 132 Å². The minimum atomic E-state index is 0.00258. The van der Waals surface area contributed by atoms with Crippen molar-refractivity contribution >= 4 is 23.2 Å². The summed E-state index contributed by atoms with van der Waals surface area (Å²) in [4.78, 5) is 13.9. The third-order valence-corrected chi connectivity index (χ3v) is 4.69. The van der Waals surface area contributed by atoms with Gasteiger partial charge in [-0.1, -0.05) is 38.3 Å². The van der Waals surface area contributed by atoms with E-state index in [1.54, 1.807) is 25.1 Å².